The van der Waals surface area contributed by atoms with Gasteiger partial charge in [-0.2, -0.15) is 0 Å². The second-order valence-corrected chi connectivity index (χ2v) is 5.76. The Balaban J connectivity index is 2.46. The zero-order valence-electron chi connectivity index (χ0n) is 11.1. The second kappa shape index (κ2) is 6.52. The van der Waals surface area contributed by atoms with Crippen LogP contribution in [0.25, 0.3) is 0 Å². The second-order valence-electron chi connectivity index (χ2n) is 5.76. The molecule has 15 heavy (non-hydrogen) atoms. The summed E-state index contributed by atoms with van der Waals surface area (Å²) < 4.78 is 0. The highest BCUT2D eigenvalue weighted by atomic mass is 14.9. The first-order valence-corrected chi connectivity index (χ1v) is 6.88. The van der Waals surface area contributed by atoms with E-state index >= 15 is 0 Å². The van der Waals surface area contributed by atoms with Crippen LogP contribution in [0.1, 0.15) is 59.8 Å². The molecular weight excluding hydrogens is 182 g/mol. The van der Waals surface area contributed by atoms with Crippen LogP contribution in [0.5, 0.6) is 0 Å². The van der Waals surface area contributed by atoms with Gasteiger partial charge in [0.1, 0.15) is 0 Å². The molecule has 0 saturated heterocycles. The van der Waals surface area contributed by atoms with Crippen molar-refractivity contribution in [1.29, 1.82) is 0 Å². The van der Waals surface area contributed by atoms with Gasteiger partial charge in [0.15, 0.2) is 0 Å². The third-order valence-corrected chi connectivity index (χ3v) is 3.83. The molecule has 0 radical (unpaired) electrons. The van der Waals surface area contributed by atoms with Crippen molar-refractivity contribution in [2.75, 3.05) is 6.54 Å². The van der Waals surface area contributed by atoms with Gasteiger partial charge in [-0.1, -0.05) is 40.5 Å². The predicted molar refractivity (Wildman–Crippen MR) is 68.0 cm³/mol. The Morgan fingerprint density at radius 2 is 2.00 bits per heavy atom. The van der Waals surface area contributed by atoms with E-state index in [1.54, 1.807) is 0 Å². The van der Waals surface area contributed by atoms with E-state index in [9.17, 15) is 0 Å². The topological polar surface area (TPSA) is 12.0 Å². The Hall–Kier alpha value is -0.0400. The van der Waals surface area contributed by atoms with Gasteiger partial charge < -0.3 is 5.32 Å². The van der Waals surface area contributed by atoms with Crippen molar-refractivity contribution in [2.24, 2.45) is 17.8 Å². The lowest BCUT2D eigenvalue weighted by Crippen LogP contribution is -2.38. The van der Waals surface area contributed by atoms with E-state index in [-0.39, 0.29) is 0 Å². The molecule has 0 heterocycles. The molecule has 3 unspecified atom stereocenters. The summed E-state index contributed by atoms with van der Waals surface area (Å²) >= 11 is 0. The highest BCUT2D eigenvalue weighted by molar-refractivity contribution is 4.85. The van der Waals surface area contributed by atoms with Crippen LogP contribution in [0.3, 0.4) is 0 Å². The molecule has 3 atom stereocenters. The molecule has 0 aromatic carbocycles. The van der Waals surface area contributed by atoms with Crippen LogP contribution in [-0.2, 0) is 0 Å². The molecule has 90 valence electrons. The Labute approximate surface area is 96.0 Å². The van der Waals surface area contributed by atoms with Crippen LogP contribution in [0.4, 0.5) is 0 Å². The smallest absolute Gasteiger partial charge is 0.0100 e. The van der Waals surface area contributed by atoms with Crippen molar-refractivity contribution in [3.63, 3.8) is 0 Å². The highest BCUT2D eigenvalue weighted by Crippen LogP contribution is 2.35. The maximum absolute atomic E-state index is 3.77. The average molecular weight is 211 g/mol. The standard InChI is InChI=1S/C14H29N/c1-5-9-15-14(10-11(2)3)13-8-6-7-12(13)4/h11-15H,5-10H2,1-4H3. The number of nitrogens with one attached hydrogen (secondary N) is 1. The fourth-order valence-corrected chi connectivity index (χ4v) is 3.02. The van der Waals surface area contributed by atoms with E-state index in [0.29, 0.717) is 0 Å². The molecule has 1 heteroatoms. The van der Waals surface area contributed by atoms with E-state index in [2.05, 4.69) is 33.0 Å². The molecule has 1 nitrogen and oxygen atoms in total. The van der Waals surface area contributed by atoms with E-state index < -0.39 is 0 Å². The maximum Gasteiger partial charge on any atom is 0.0100 e. The maximum atomic E-state index is 3.77. The summed E-state index contributed by atoms with van der Waals surface area (Å²) in [7, 11) is 0. The summed E-state index contributed by atoms with van der Waals surface area (Å²) in [6.45, 7) is 10.6. The molecule has 0 aromatic rings. The molecule has 0 amide bonds. The summed E-state index contributed by atoms with van der Waals surface area (Å²) in [4.78, 5) is 0. The van der Waals surface area contributed by atoms with Gasteiger partial charge in [-0.3, -0.25) is 0 Å². The van der Waals surface area contributed by atoms with Gasteiger partial charge in [0.25, 0.3) is 0 Å². The molecule has 1 N–H and O–H groups in total. The summed E-state index contributed by atoms with van der Waals surface area (Å²) in [6, 6.07) is 0.780. The van der Waals surface area contributed by atoms with Crippen LogP contribution < -0.4 is 5.32 Å². The SMILES string of the molecule is CCCNC(CC(C)C)C1CCCC1C. The molecule has 1 fully saturated rings. The Morgan fingerprint density at radius 3 is 2.47 bits per heavy atom. The Bertz CT molecular complexity index is 165. The van der Waals surface area contributed by atoms with Crippen molar-refractivity contribution < 1.29 is 0 Å². The first kappa shape index (κ1) is 13.0. The lowest BCUT2D eigenvalue weighted by molar-refractivity contribution is 0.263. The van der Waals surface area contributed by atoms with Crippen molar-refractivity contribution in [1.82, 2.24) is 5.32 Å². The number of hydrogen-bond acceptors (Lipinski definition) is 1. The largest absolute Gasteiger partial charge is 0.314 e. The highest BCUT2D eigenvalue weighted by Gasteiger charge is 2.30. The minimum absolute atomic E-state index is 0.780. The monoisotopic (exact) mass is 211 g/mol. The van der Waals surface area contributed by atoms with E-state index in [1.807, 2.05) is 0 Å². The van der Waals surface area contributed by atoms with E-state index in [1.165, 1.54) is 38.6 Å². The summed E-state index contributed by atoms with van der Waals surface area (Å²) in [6.07, 6.45) is 6.97. The first-order valence-electron chi connectivity index (χ1n) is 6.88. The first-order chi connectivity index (χ1) is 7.15. The molecule has 1 rings (SSSR count). The fraction of sp³-hybridized carbons (Fsp3) is 1.00. The molecule has 0 aromatic heterocycles. The van der Waals surface area contributed by atoms with Gasteiger partial charge in [0.2, 0.25) is 0 Å². The number of rotatable bonds is 6. The molecule has 0 spiro atoms. The van der Waals surface area contributed by atoms with Crippen LogP contribution in [0, 0.1) is 17.8 Å². The van der Waals surface area contributed by atoms with Crippen LogP contribution in [0.15, 0.2) is 0 Å². The van der Waals surface area contributed by atoms with Crippen LogP contribution in [0.2, 0.25) is 0 Å². The zero-order chi connectivity index (χ0) is 11.3. The molecule has 0 aliphatic heterocycles. The fourth-order valence-electron chi connectivity index (χ4n) is 3.02. The summed E-state index contributed by atoms with van der Waals surface area (Å²) in [5.74, 6) is 2.71. The predicted octanol–water partition coefficient (Wildman–Crippen LogP) is 3.84. The summed E-state index contributed by atoms with van der Waals surface area (Å²) in [5.41, 5.74) is 0. The van der Waals surface area contributed by atoms with E-state index in [4.69, 9.17) is 0 Å². The zero-order valence-corrected chi connectivity index (χ0v) is 11.1. The molecule has 1 saturated carbocycles. The quantitative estimate of drug-likeness (QED) is 0.704. The third kappa shape index (κ3) is 4.14. The van der Waals surface area contributed by atoms with Crippen molar-refractivity contribution in [2.45, 2.75) is 65.8 Å². The van der Waals surface area contributed by atoms with Gasteiger partial charge in [-0.15, -0.1) is 0 Å². The van der Waals surface area contributed by atoms with Gasteiger partial charge in [0, 0.05) is 6.04 Å². The lowest BCUT2D eigenvalue weighted by Gasteiger charge is -2.29. The average Bonchev–Trinajstić information content (AvgIpc) is 2.58. The molecule has 0 bridgehead atoms. The van der Waals surface area contributed by atoms with Crippen molar-refractivity contribution in [3.8, 4) is 0 Å². The van der Waals surface area contributed by atoms with Gasteiger partial charge >= 0.3 is 0 Å². The van der Waals surface area contributed by atoms with Crippen LogP contribution in [-0.4, -0.2) is 12.6 Å². The summed E-state index contributed by atoms with van der Waals surface area (Å²) in [5, 5.41) is 3.77. The minimum Gasteiger partial charge on any atom is -0.314 e. The Morgan fingerprint density at radius 1 is 1.27 bits per heavy atom. The normalized spacial score (nSPS) is 28.6. The number of hydrogen-bond donors (Lipinski definition) is 1. The van der Waals surface area contributed by atoms with Crippen molar-refractivity contribution in [3.05, 3.63) is 0 Å². The molecular formula is C14H29N. The Kier molecular flexibility index (Phi) is 5.66. The van der Waals surface area contributed by atoms with Crippen molar-refractivity contribution >= 4 is 0 Å². The van der Waals surface area contributed by atoms with Gasteiger partial charge in [0.05, 0.1) is 0 Å². The van der Waals surface area contributed by atoms with Gasteiger partial charge in [-0.05, 0) is 43.6 Å². The van der Waals surface area contributed by atoms with E-state index in [0.717, 1.165) is 23.8 Å². The third-order valence-electron chi connectivity index (χ3n) is 3.83. The van der Waals surface area contributed by atoms with Crippen LogP contribution >= 0.6 is 0 Å². The minimum atomic E-state index is 0.780. The lowest BCUT2D eigenvalue weighted by atomic mass is 9.85. The molecule has 1 aliphatic carbocycles. The molecule has 1 aliphatic rings. The van der Waals surface area contributed by atoms with Gasteiger partial charge in [-0.25, -0.2) is 0 Å².